The Hall–Kier alpha value is -1.72. The van der Waals surface area contributed by atoms with Crippen LogP contribution >= 0.6 is 11.6 Å². The molecule has 22 heavy (non-hydrogen) atoms. The number of hydrogen-bond donors (Lipinski definition) is 1. The van der Waals surface area contributed by atoms with E-state index in [2.05, 4.69) is 10.3 Å². The molecule has 1 aliphatic heterocycles. The van der Waals surface area contributed by atoms with Crippen LogP contribution in [0.15, 0.2) is 36.7 Å². The zero-order chi connectivity index (χ0) is 15.5. The second-order valence-electron chi connectivity index (χ2n) is 5.30. The number of ether oxygens (including phenoxy) is 1. The van der Waals surface area contributed by atoms with E-state index >= 15 is 0 Å². The topological polar surface area (TPSA) is 34.1 Å². The molecular weight excluding hydrogens is 310 g/mol. The van der Waals surface area contributed by atoms with Gasteiger partial charge >= 0.3 is 0 Å². The predicted octanol–water partition coefficient (Wildman–Crippen LogP) is 3.74. The molecule has 0 aliphatic carbocycles. The van der Waals surface area contributed by atoms with Gasteiger partial charge in [-0.15, -0.1) is 0 Å². The second-order valence-corrected chi connectivity index (χ2v) is 5.74. The Morgan fingerprint density at radius 2 is 2.14 bits per heavy atom. The highest BCUT2D eigenvalue weighted by Crippen LogP contribution is 2.33. The number of aromatic nitrogens is 1. The summed E-state index contributed by atoms with van der Waals surface area (Å²) in [5.74, 6) is -1.15. The summed E-state index contributed by atoms with van der Waals surface area (Å²) in [6.07, 6.45) is 3.71. The number of benzene rings is 1. The molecule has 1 fully saturated rings. The number of hydrogen-bond acceptors (Lipinski definition) is 3. The van der Waals surface area contributed by atoms with Crippen molar-refractivity contribution in [1.82, 2.24) is 10.3 Å². The Balaban J connectivity index is 1.91. The van der Waals surface area contributed by atoms with Crippen molar-refractivity contribution in [1.29, 1.82) is 0 Å². The van der Waals surface area contributed by atoms with Crippen LogP contribution in [0.25, 0.3) is 0 Å². The smallest absolute Gasteiger partial charge is 0.168 e. The first kappa shape index (κ1) is 15.2. The van der Waals surface area contributed by atoms with Gasteiger partial charge in [0.25, 0.3) is 0 Å². The number of pyridine rings is 1. The molecule has 6 heteroatoms. The molecule has 1 aromatic carbocycles. The SMILES string of the molecule is Fc1ccc(OC(c2cncc(Cl)c2)[C@H]2CCNC2)c(F)c1. The van der Waals surface area contributed by atoms with Crippen LogP contribution in [0.4, 0.5) is 8.78 Å². The number of nitrogens with one attached hydrogen (secondary N) is 1. The van der Waals surface area contributed by atoms with Gasteiger partial charge in [-0.3, -0.25) is 4.98 Å². The molecule has 1 aliphatic rings. The Morgan fingerprint density at radius 1 is 1.27 bits per heavy atom. The summed E-state index contributed by atoms with van der Waals surface area (Å²) in [5, 5.41) is 3.76. The van der Waals surface area contributed by atoms with E-state index in [-0.39, 0.29) is 17.8 Å². The van der Waals surface area contributed by atoms with Crippen molar-refractivity contribution in [2.24, 2.45) is 5.92 Å². The summed E-state index contributed by atoms with van der Waals surface area (Å²) in [5.41, 5.74) is 0.782. The van der Waals surface area contributed by atoms with Gasteiger partial charge in [-0.05, 0) is 31.2 Å². The molecule has 2 aromatic rings. The van der Waals surface area contributed by atoms with Crippen molar-refractivity contribution in [2.45, 2.75) is 12.5 Å². The van der Waals surface area contributed by atoms with Crippen molar-refractivity contribution in [3.63, 3.8) is 0 Å². The fourth-order valence-corrected chi connectivity index (χ4v) is 2.85. The van der Waals surface area contributed by atoms with Crippen molar-refractivity contribution >= 4 is 11.6 Å². The Kier molecular flexibility index (Phi) is 4.55. The number of nitrogens with zero attached hydrogens (tertiary/aromatic N) is 1. The Morgan fingerprint density at radius 3 is 2.82 bits per heavy atom. The molecule has 1 saturated heterocycles. The highest BCUT2D eigenvalue weighted by molar-refractivity contribution is 6.30. The van der Waals surface area contributed by atoms with Gasteiger partial charge in [0.15, 0.2) is 11.6 Å². The van der Waals surface area contributed by atoms with E-state index in [0.717, 1.165) is 31.1 Å². The van der Waals surface area contributed by atoms with Crippen LogP contribution in [0.1, 0.15) is 18.1 Å². The van der Waals surface area contributed by atoms with E-state index in [4.69, 9.17) is 16.3 Å². The second kappa shape index (κ2) is 6.58. The molecule has 0 saturated carbocycles. The summed E-state index contributed by atoms with van der Waals surface area (Å²) in [6, 6.07) is 5.06. The van der Waals surface area contributed by atoms with E-state index in [1.807, 2.05) is 0 Å². The Labute approximate surface area is 132 Å². The van der Waals surface area contributed by atoms with Crippen molar-refractivity contribution in [3.8, 4) is 5.75 Å². The molecule has 2 atom stereocenters. The van der Waals surface area contributed by atoms with Gasteiger partial charge in [0, 0.05) is 36.5 Å². The number of rotatable bonds is 4. The zero-order valence-corrected chi connectivity index (χ0v) is 12.5. The first-order valence-electron chi connectivity index (χ1n) is 7.06. The molecule has 0 spiro atoms. The fraction of sp³-hybridized carbons (Fsp3) is 0.312. The highest BCUT2D eigenvalue weighted by Gasteiger charge is 2.29. The maximum Gasteiger partial charge on any atom is 0.168 e. The largest absolute Gasteiger partial charge is 0.482 e. The molecule has 0 amide bonds. The zero-order valence-electron chi connectivity index (χ0n) is 11.7. The summed E-state index contributed by atoms with van der Waals surface area (Å²) in [7, 11) is 0. The van der Waals surface area contributed by atoms with Crippen LogP contribution in [0, 0.1) is 17.6 Å². The van der Waals surface area contributed by atoms with E-state index in [0.29, 0.717) is 5.02 Å². The first-order valence-corrected chi connectivity index (χ1v) is 7.44. The van der Waals surface area contributed by atoms with E-state index in [1.54, 1.807) is 12.3 Å². The lowest BCUT2D eigenvalue weighted by Crippen LogP contribution is -2.22. The third kappa shape index (κ3) is 3.36. The lowest BCUT2D eigenvalue weighted by atomic mass is 9.96. The maximum atomic E-state index is 13.9. The minimum Gasteiger partial charge on any atom is -0.482 e. The average molecular weight is 325 g/mol. The highest BCUT2D eigenvalue weighted by atomic mass is 35.5. The van der Waals surface area contributed by atoms with Gasteiger partial charge in [0.1, 0.15) is 11.9 Å². The molecule has 3 nitrogen and oxygen atoms in total. The van der Waals surface area contributed by atoms with Gasteiger partial charge in [-0.25, -0.2) is 8.78 Å². The van der Waals surface area contributed by atoms with Crippen molar-refractivity contribution < 1.29 is 13.5 Å². The normalized spacial score (nSPS) is 19.1. The lowest BCUT2D eigenvalue weighted by Gasteiger charge is -2.25. The van der Waals surface area contributed by atoms with Crippen LogP contribution in [0.3, 0.4) is 0 Å². The van der Waals surface area contributed by atoms with Crippen LogP contribution in [-0.4, -0.2) is 18.1 Å². The van der Waals surface area contributed by atoms with Crippen molar-refractivity contribution in [3.05, 3.63) is 58.9 Å². The predicted molar refractivity (Wildman–Crippen MR) is 80.0 cm³/mol. The minimum absolute atomic E-state index is 0.0262. The third-order valence-corrected chi connectivity index (χ3v) is 3.94. The first-order chi connectivity index (χ1) is 10.6. The quantitative estimate of drug-likeness (QED) is 0.930. The minimum atomic E-state index is -0.717. The standard InChI is InChI=1S/C16H15ClF2N2O/c17-12-5-11(8-21-9-12)16(10-3-4-20-7-10)22-15-2-1-13(18)6-14(15)19/h1-2,5-6,8-10,16,20H,3-4,7H2/t10-,16?/m0/s1. The van der Waals surface area contributed by atoms with Gasteiger partial charge in [-0.2, -0.15) is 0 Å². The molecule has 0 radical (unpaired) electrons. The number of halogens is 3. The van der Waals surface area contributed by atoms with Crippen LogP contribution < -0.4 is 10.1 Å². The van der Waals surface area contributed by atoms with E-state index in [9.17, 15) is 8.78 Å². The molecule has 1 N–H and O–H groups in total. The molecular formula is C16H15ClF2N2O. The van der Waals surface area contributed by atoms with Gasteiger partial charge in [0.2, 0.25) is 0 Å². The Bertz CT molecular complexity index is 662. The maximum absolute atomic E-state index is 13.9. The lowest BCUT2D eigenvalue weighted by molar-refractivity contribution is 0.137. The van der Waals surface area contributed by atoms with Crippen LogP contribution in [0.2, 0.25) is 5.02 Å². The summed E-state index contributed by atoms with van der Waals surface area (Å²) in [4.78, 5) is 4.07. The molecule has 2 heterocycles. The summed E-state index contributed by atoms with van der Waals surface area (Å²) < 4.78 is 32.7. The van der Waals surface area contributed by atoms with Crippen molar-refractivity contribution in [2.75, 3.05) is 13.1 Å². The molecule has 1 aromatic heterocycles. The molecule has 3 rings (SSSR count). The summed E-state index contributed by atoms with van der Waals surface area (Å²) in [6.45, 7) is 1.64. The average Bonchev–Trinajstić information content (AvgIpc) is 3.00. The molecule has 1 unspecified atom stereocenters. The monoisotopic (exact) mass is 324 g/mol. The van der Waals surface area contributed by atoms with Crippen LogP contribution in [0.5, 0.6) is 5.75 Å². The summed E-state index contributed by atoms with van der Waals surface area (Å²) >= 11 is 5.99. The van der Waals surface area contributed by atoms with E-state index < -0.39 is 11.6 Å². The third-order valence-electron chi connectivity index (χ3n) is 3.73. The van der Waals surface area contributed by atoms with Crippen LogP contribution in [-0.2, 0) is 0 Å². The molecule has 116 valence electrons. The van der Waals surface area contributed by atoms with Gasteiger partial charge in [-0.1, -0.05) is 11.6 Å². The fourth-order valence-electron chi connectivity index (χ4n) is 2.66. The van der Waals surface area contributed by atoms with E-state index in [1.165, 1.54) is 18.3 Å². The van der Waals surface area contributed by atoms with Gasteiger partial charge < -0.3 is 10.1 Å². The van der Waals surface area contributed by atoms with Gasteiger partial charge in [0.05, 0.1) is 5.02 Å². The molecule has 0 bridgehead atoms.